The number of rotatable bonds is 6. The minimum absolute atomic E-state index is 0.0562. The molecule has 3 aromatic carbocycles. The second-order valence-corrected chi connectivity index (χ2v) is 7.91. The van der Waals surface area contributed by atoms with Crippen molar-refractivity contribution in [3.8, 4) is 16.9 Å². The van der Waals surface area contributed by atoms with Crippen molar-refractivity contribution in [3.63, 3.8) is 0 Å². The summed E-state index contributed by atoms with van der Waals surface area (Å²) in [5.41, 5.74) is -0.272. The predicted molar refractivity (Wildman–Crippen MR) is 103 cm³/mol. The maximum absolute atomic E-state index is 14.8. The van der Waals surface area contributed by atoms with Gasteiger partial charge in [0.15, 0.2) is 0 Å². The molecule has 0 unspecified atom stereocenters. The fraction of sp³-hybridized carbons (Fsp3) is 0.0500. The van der Waals surface area contributed by atoms with Crippen molar-refractivity contribution >= 4 is 21.7 Å². The summed E-state index contributed by atoms with van der Waals surface area (Å²) in [6.07, 6.45) is 0. The molecule has 0 saturated carbocycles. The summed E-state index contributed by atoms with van der Waals surface area (Å²) in [6, 6.07) is 12.6. The first-order valence-corrected chi connectivity index (χ1v) is 9.91. The molecule has 0 aliphatic rings. The molecule has 0 amide bonds. The zero-order valence-corrected chi connectivity index (χ0v) is 15.6. The molecule has 0 fully saturated rings. The van der Waals surface area contributed by atoms with Gasteiger partial charge < -0.3 is 10.2 Å². The van der Waals surface area contributed by atoms with Gasteiger partial charge in [0.1, 0.15) is 22.9 Å². The lowest BCUT2D eigenvalue weighted by atomic mass is 10.0. The average Bonchev–Trinajstić information content (AvgIpc) is 2.62. The zero-order chi connectivity index (χ0) is 21.2. The van der Waals surface area contributed by atoms with E-state index >= 15 is 0 Å². The molecule has 29 heavy (non-hydrogen) atoms. The monoisotopic (exact) mass is 419 g/mol. The molecule has 150 valence electrons. The molecule has 3 N–H and O–H groups in total. The zero-order valence-electron chi connectivity index (χ0n) is 14.8. The minimum Gasteiger partial charge on any atom is -0.507 e. The molecule has 0 aromatic heterocycles. The number of aromatic carboxylic acids is 1. The molecule has 9 heteroatoms. The third-order valence-corrected chi connectivity index (χ3v) is 5.30. The smallest absolute Gasteiger partial charge is 0.339 e. The van der Waals surface area contributed by atoms with Gasteiger partial charge in [0, 0.05) is 17.2 Å². The molecule has 0 spiro atoms. The standard InChI is InChI=1S/C20H15F2NO5S/c21-14-5-1-3-12(9-14)16-6-2-4-13(19(16)22)11-29(27,28)23-15-7-8-17(20(25)26)18(24)10-15/h1-10,23-24H,11H2,(H,25,26). The Kier molecular flexibility index (Phi) is 5.51. The summed E-state index contributed by atoms with van der Waals surface area (Å²) in [7, 11) is -4.09. The van der Waals surface area contributed by atoms with E-state index in [1.165, 1.54) is 42.5 Å². The highest BCUT2D eigenvalue weighted by Crippen LogP contribution is 2.28. The summed E-state index contributed by atoms with van der Waals surface area (Å²) in [5, 5.41) is 18.6. The van der Waals surface area contributed by atoms with E-state index in [0.717, 1.165) is 18.2 Å². The van der Waals surface area contributed by atoms with Gasteiger partial charge >= 0.3 is 5.97 Å². The van der Waals surface area contributed by atoms with Crippen LogP contribution in [0.5, 0.6) is 5.75 Å². The highest BCUT2D eigenvalue weighted by molar-refractivity contribution is 7.91. The number of phenols is 1. The third kappa shape index (κ3) is 4.69. The van der Waals surface area contributed by atoms with Crippen LogP contribution < -0.4 is 4.72 Å². The van der Waals surface area contributed by atoms with Crippen LogP contribution in [0.1, 0.15) is 15.9 Å². The lowest BCUT2D eigenvalue weighted by Gasteiger charge is -2.12. The molecular formula is C20H15F2NO5S. The van der Waals surface area contributed by atoms with Gasteiger partial charge in [0.05, 0.1) is 11.4 Å². The average molecular weight is 419 g/mol. The minimum atomic E-state index is -4.09. The Balaban J connectivity index is 1.86. The molecule has 0 radical (unpaired) electrons. The van der Waals surface area contributed by atoms with Crippen molar-refractivity contribution in [2.75, 3.05) is 4.72 Å². The van der Waals surface area contributed by atoms with Crippen LogP contribution in [0.3, 0.4) is 0 Å². The van der Waals surface area contributed by atoms with Crippen LogP contribution >= 0.6 is 0 Å². The maximum atomic E-state index is 14.8. The Morgan fingerprint density at radius 2 is 1.72 bits per heavy atom. The van der Waals surface area contributed by atoms with E-state index in [1.54, 1.807) is 0 Å². The molecule has 3 rings (SSSR count). The number of anilines is 1. The number of aromatic hydroxyl groups is 1. The Hall–Kier alpha value is -3.46. The topological polar surface area (TPSA) is 104 Å². The van der Waals surface area contributed by atoms with Gasteiger partial charge in [0.2, 0.25) is 10.0 Å². The maximum Gasteiger partial charge on any atom is 0.339 e. The van der Waals surface area contributed by atoms with Gasteiger partial charge in [0.25, 0.3) is 0 Å². The van der Waals surface area contributed by atoms with Crippen LogP contribution in [-0.4, -0.2) is 24.6 Å². The van der Waals surface area contributed by atoms with Gasteiger partial charge in [-0.2, -0.15) is 0 Å². The summed E-state index contributed by atoms with van der Waals surface area (Å²) in [4.78, 5) is 10.9. The van der Waals surface area contributed by atoms with Crippen molar-refractivity contribution in [1.82, 2.24) is 0 Å². The van der Waals surface area contributed by atoms with Crippen LogP contribution in [0, 0.1) is 11.6 Å². The van der Waals surface area contributed by atoms with Gasteiger partial charge in [-0.05, 0) is 29.8 Å². The molecule has 0 atom stereocenters. The molecule has 0 bridgehead atoms. The fourth-order valence-corrected chi connectivity index (χ4v) is 3.96. The number of halogens is 2. The van der Waals surface area contributed by atoms with E-state index in [1.807, 2.05) is 0 Å². The number of nitrogens with one attached hydrogen (secondary N) is 1. The second-order valence-electron chi connectivity index (χ2n) is 6.19. The largest absolute Gasteiger partial charge is 0.507 e. The molecule has 3 aromatic rings. The first-order valence-electron chi connectivity index (χ1n) is 8.26. The lowest BCUT2D eigenvalue weighted by molar-refractivity contribution is 0.0693. The molecular weight excluding hydrogens is 404 g/mol. The van der Waals surface area contributed by atoms with E-state index in [2.05, 4.69) is 4.72 Å². The van der Waals surface area contributed by atoms with Gasteiger partial charge in [-0.1, -0.05) is 30.3 Å². The van der Waals surface area contributed by atoms with E-state index in [0.29, 0.717) is 0 Å². The number of benzene rings is 3. The van der Waals surface area contributed by atoms with Crippen LogP contribution in [0.25, 0.3) is 11.1 Å². The molecule has 6 nitrogen and oxygen atoms in total. The molecule has 0 aliphatic heterocycles. The quantitative estimate of drug-likeness (QED) is 0.561. The van der Waals surface area contributed by atoms with Crippen molar-refractivity contribution < 1.29 is 32.2 Å². The number of carboxylic acid groups (broad SMARTS) is 1. The van der Waals surface area contributed by atoms with Crippen molar-refractivity contribution in [2.45, 2.75) is 5.75 Å². The normalized spacial score (nSPS) is 11.2. The van der Waals surface area contributed by atoms with E-state index in [9.17, 15) is 27.1 Å². The highest BCUT2D eigenvalue weighted by Gasteiger charge is 2.19. The summed E-state index contributed by atoms with van der Waals surface area (Å²) in [5.74, 6) is -4.05. The summed E-state index contributed by atoms with van der Waals surface area (Å²) < 4.78 is 55.3. The number of carbonyl (C=O) groups is 1. The first-order chi connectivity index (χ1) is 13.7. The van der Waals surface area contributed by atoms with E-state index in [-0.39, 0.29) is 27.9 Å². The van der Waals surface area contributed by atoms with Crippen LogP contribution in [-0.2, 0) is 15.8 Å². The van der Waals surface area contributed by atoms with Crippen LogP contribution in [0.4, 0.5) is 14.5 Å². The predicted octanol–water partition coefficient (Wildman–Crippen LogP) is 3.98. The highest BCUT2D eigenvalue weighted by atomic mass is 32.2. The Morgan fingerprint density at radius 1 is 1.00 bits per heavy atom. The van der Waals surface area contributed by atoms with Gasteiger partial charge in [-0.15, -0.1) is 0 Å². The van der Waals surface area contributed by atoms with Crippen molar-refractivity contribution in [3.05, 3.63) is 83.4 Å². The molecule has 0 saturated heterocycles. The first kappa shape index (κ1) is 20.3. The Labute approximate surface area is 165 Å². The summed E-state index contributed by atoms with van der Waals surface area (Å²) >= 11 is 0. The molecule has 0 aliphatic carbocycles. The third-order valence-electron chi connectivity index (χ3n) is 4.06. The van der Waals surface area contributed by atoms with Gasteiger partial charge in [-0.25, -0.2) is 22.0 Å². The second kappa shape index (κ2) is 7.88. The fourth-order valence-electron chi connectivity index (χ4n) is 2.77. The SMILES string of the molecule is O=C(O)c1ccc(NS(=O)(=O)Cc2cccc(-c3cccc(F)c3)c2F)cc1O. The van der Waals surface area contributed by atoms with E-state index < -0.39 is 39.1 Å². The summed E-state index contributed by atoms with van der Waals surface area (Å²) in [6.45, 7) is 0. The number of hydrogen-bond acceptors (Lipinski definition) is 4. The lowest BCUT2D eigenvalue weighted by Crippen LogP contribution is -2.16. The van der Waals surface area contributed by atoms with E-state index in [4.69, 9.17) is 5.11 Å². The molecule has 0 heterocycles. The van der Waals surface area contributed by atoms with Crippen molar-refractivity contribution in [1.29, 1.82) is 0 Å². The number of sulfonamides is 1. The van der Waals surface area contributed by atoms with Crippen LogP contribution in [0.15, 0.2) is 60.7 Å². The van der Waals surface area contributed by atoms with Gasteiger partial charge in [-0.3, -0.25) is 4.72 Å². The number of hydrogen-bond donors (Lipinski definition) is 3. The Morgan fingerprint density at radius 3 is 2.38 bits per heavy atom. The van der Waals surface area contributed by atoms with Crippen molar-refractivity contribution in [2.24, 2.45) is 0 Å². The van der Waals surface area contributed by atoms with Crippen LogP contribution in [0.2, 0.25) is 0 Å². The number of carboxylic acids is 1. The Bertz CT molecular complexity index is 1200.